The Balaban J connectivity index is 1.71. The van der Waals surface area contributed by atoms with Gasteiger partial charge in [-0.15, -0.1) is 0 Å². The second kappa shape index (κ2) is 8.62. The Kier molecular flexibility index (Phi) is 6.47. The Morgan fingerprint density at radius 3 is 2.62 bits per heavy atom. The van der Waals surface area contributed by atoms with E-state index in [1.165, 1.54) is 10.3 Å². The molecular weight excluding hydrogens is 266 g/mol. The van der Waals surface area contributed by atoms with E-state index in [0.29, 0.717) is 19.8 Å². The fourth-order valence-electron chi connectivity index (χ4n) is 2.20. The van der Waals surface area contributed by atoms with Crippen molar-refractivity contribution in [2.24, 2.45) is 0 Å². The third-order valence-electron chi connectivity index (χ3n) is 3.45. The molecule has 114 valence electrons. The minimum Gasteiger partial charge on any atom is -0.491 e. The van der Waals surface area contributed by atoms with E-state index in [2.05, 4.69) is 18.2 Å². The zero-order valence-electron chi connectivity index (χ0n) is 12.5. The monoisotopic (exact) mass is 290 g/mol. The van der Waals surface area contributed by atoms with Gasteiger partial charge in [-0.3, -0.25) is 0 Å². The van der Waals surface area contributed by atoms with E-state index >= 15 is 0 Å². The molecule has 0 bridgehead atoms. The van der Waals surface area contributed by atoms with Gasteiger partial charge in [0.2, 0.25) is 0 Å². The molecular formula is C17H24NO3+. The number of fused-ring (bicyclic) bond motifs is 1. The minimum absolute atomic E-state index is 0.218. The molecule has 0 spiro atoms. The topological polar surface area (TPSA) is 43.1 Å². The van der Waals surface area contributed by atoms with Crippen molar-refractivity contribution in [1.29, 1.82) is 0 Å². The van der Waals surface area contributed by atoms with Crippen LogP contribution >= 0.6 is 0 Å². The zero-order chi connectivity index (χ0) is 14.9. The van der Waals surface area contributed by atoms with Crippen LogP contribution in [-0.2, 0) is 4.74 Å². The molecule has 0 amide bonds. The van der Waals surface area contributed by atoms with Crippen molar-refractivity contribution >= 4 is 10.8 Å². The van der Waals surface area contributed by atoms with Crippen molar-refractivity contribution in [1.82, 2.24) is 0 Å². The normalized spacial score (nSPS) is 12.5. The number of nitrogens with one attached hydrogen (secondary N) is 1. The fraction of sp³-hybridized carbons (Fsp3) is 0.412. The summed E-state index contributed by atoms with van der Waals surface area (Å²) in [6, 6.07) is 14.3. The van der Waals surface area contributed by atoms with Crippen LogP contribution in [-0.4, -0.2) is 51.7 Å². The lowest BCUT2D eigenvalue weighted by molar-refractivity contribution is -0.880. The summed E-state index contributed by atoms with van der Waals surface area (Å²) in [6.45, 7) is 3.69. The maximum absolute atomic E-state index is 8.81. The number of hydrogen-bond acceptors (Lipinski definition) is 3. The maximum atomic E-state index is 8.81. The average molecular weight is 290 g/mol. The molecule has 0 aliphatic carbocycles. The molecule has 2 N–H and O–H groups in total. The molecule has 0 fully saturated rings. The lowest BCUT2D eigenvalue weighted by Gasteiger charge is -2.13. The smallest absolute Gasteiger partial charge is 0.127 e. The van der Waals surface area contributed by atoms with Crippen LogP contribution in [0.25, 0.3) is 10.8 Å². The molecule has 0 saturated carbocycles. The molecule has 2 aromatic carbocycles. The van der Waals surface area contributed by atoms with E-state index in [-0.39, 0.29) is 6.61 Å². The quantitative estimate of drug-likeness (QED) is 0.670. The molecule has 4 heteroatoms. The number of rotatable bonds is 9. The van der Waals surface area contributed by atoms with Gasteiger partial charge in [-0.05, 0) is 11.5 Å². The van der Waals surface area contributed by atoms with Crippen LogP contribution in [0.4, 0.5) is 0 Å². The van der Waals surface area contributed by atoms with Crippen LogP contribution in [0.3, 0.4) is 0 Å². The number of likely N-dealkylation sites (N-methyl/N-ethyl adjacent to an activating group) is 1. The van der Waals surface area contributed by atoms with Crippen molar-refractivity contribution in [3.8, 4) is 5.75 Å². The molecule has 2 rings (SSSR count). The van der Waals surface area contributed by atoms with Gasteiger partial charge in [-0.1, -0.05) is 36.4 Å². The third kappa shape index (κ3) is 5.01. The molecule has 0 aromatic heterocycles. The molecule has 1 atom stereocenters. The molecule has 2 aromatic rings. The maximum Gasteiger partial charge on any atom is 0.127 e. The van der Waals surface area contributed by atoms with Gasteiger partial charge in [-0.25, -0.2) is 0 Å². The lowest BCUT2D eigenvalue weighted by atomic mass is 10.1. The summed E-state index contributed by atoms with van der Waals surface area (Å²) < 4.78 is 11.4. The first-order valence-electron chi connectivity index (χ1n) is 7.41. The second-order valence-electron chi connectivity index (χ2n) is 5.12. The van der Waals surface area contributed by atoms with Gasteiger partial charge < -0.3 is 19.5 Å². The van der Waals surface area contributed by atoms with Gasteiger partial charge >= 0.3 is 0 Å². The van der Waals surface area contributed by atoms with E-state index in [4.69, 9.17) is 14.6 Å². The summed E-state index contributed by atoms with van der Waals surface area (Å²) >= 11 is 0. The summed E-state index contributed by atoms with van der Waals surface area (Å²) in [5.74, 6) is 0.903. The van der Waals surface area contributed by atoms with E-state index in [1.54, 1.807) is 0 Å². The first-order valence-corrected chi connectivity index (χ1v) is 7.41. The first kappa shape index (κ1) is 15.8. The van der Waals surface area contributed by atoms with Gasteiger partial charge in [0.05, 0.1) is 26.9 Å². The highest BCUT2D eigenvalue weighted by atomic mass is 16.5. The number of benzene rings is 2. The van der Waals surface area contributed by atoms with Crippen LogP contribution in [0.2, 0.25) is 0 Å². The van der Waals surface area contributed by atoms with E-state index in [9.17, 15) is 0 Å². The Morgan fingerprint density at radius 2 is 1.76 bits per heavy atom. The highest BCUT2D eigenvalue weighted by molar-refractivity contribution is 5.88. The van der Waals surface area contributed by atoms with Crippen LogP contribution in [0, 0.1) is 0 Å². The van der Waals surface area contributed by atoms with Crippen molar-refractivity contribution in [2.75, 3.05) is 46.6 Å². The summed E-state index contributed by atoms with van der Waals surface area (Å²) in [4.78, 5) is 1.27. The van der Waals surface area contributed by atoms with Crippen molar-refractivity contribution in [2.45, 2.75) is 0 Å². The summed E-state index contributed by atoms with van der Waals surface area (Å²) in [5.41, 5.74) is 0. The van der Waals surface area contributed by atoms with E-state index in [0.717, 1.165) is 24.2 Å². The summed E-state index contributed by atoms with van der Waals surface area (Å²) in [5, 5.41) is 11.1. The lowest BCUT2D eigenvalue weighted by Crippen LogP contribution is -3.10. The average Bonchev–Trinajstić information content (AvgIpc) is 2.51. The van der Waals surface area contributed by atoms with Gasteiger partial charge in [0.25, 0.3) is 0 Å². The van der Waals surface area contributed by atoms with Crippen LogP contribution in [0.15, 0.2) is 42.5 Å². The summed E-state index contributed by atoms with van der Waals surface area (Å²) in [7, 11) is 2.05. The van der Waals surface area contributed by atoms with Gasteiger partial charge in [0, 0.05) is 5.39 Å². The van der Waals surface area contributed by atoms with Crippen LogP contribution in [0.5, 0.6) is 5.75 Å². The Labute approximate surface area is 125 Å². The Morgan fingerprint density at radius 1 is 0.952 bits per heavy atom. The van der Waals surface area contributed by atoms with Crippen LogP contribution < -0.4 is 9.64 Å². The summed E-state index contributed by atoms with van der Waals surface area (Å²) in [6.07, 6.45) is 0. The molecule has 4 nitrogen and oxygen atoms in total. The van der Waals surface area contributed by atoms with Gasteiger partial charge in [0.15, 0.2) is 0 Å². The standard InChI is InChI=1S/C17H23NO3/c1-18(9-11-19)10-12-20-13-14-21-17-8-4-6-15-5-2-3-7-16(15)17/h2-8,19H,9-14H2,1H3/p+1. The molecule has 0 aliphatic rings. The SMILES string of the molecule is C[NH+](CCO)CCOCCOc1cccc2ccccc12. The number of aliphatic hydroxyl groups is 1. The highest BCUT2D eigenvalue weighted by Crippen LogP contribution is 2.24. The first-order chi connectivity index (χ1) is 10.3. The van der Waals surface area contributed by atoms with Crippen molar-refractivity contribution < 1.29 is 19.5 Å². The highest BCUT2D eigenvalue weighted by Gasteiger charge is 2.02. The minimum atomic E-state index is 0.218. The van der Waals surface area contributed by atoms with E-state index < -0.39 is 0 Å². The predicted octanol–water partition coefficient (Wildman–Crippen LogP) is 0.742. The molecule has 0 radical (unpaired) electrons. The number of aliphatic hydroxyl groups excluding tert-OH is 1. The van der Waals surface area contributed by atoms with Gasteiger partial charge in [0.1, 0.15) is 25.4 Å². The number of ether oxygens (including phenoxy) is 2. The predicted molar refractivity (Wildman–Crippen MR) is 84.0 cm³/mol. The van der Waals surface area contributed by atoms with Gasteiger partial charge in [-0.2, -0.15) is 0 Å². The molecule has 0 saturated heterocycles. The van der Waals surface area contributed by atoms with Crippen LogP contribution in [0.1, 0.15) is 0 Å². The van der Waals surface area contributed by atoms with Crippen molar-refractivity contribution in [3.63, 3.8) is 0 Å². The second-order valence-corrected chi connectivity index (χ2v) is 5.12. The number of quaternary nitrogens is 1. The van der Waals surface area contributed by atoms with Crippen molar-refractivity contribution in [3.05, 3.63) is 42.5 Å². The molecule has 0 aliphatic heterocycles. The Hall–Kier alpha value is -1.62. The molecule has 1 unspecified atom stereocenters. The molecule has 21 heavy (non-hydrogen) atoms. The largest absolute Gasteiger partial charge is 0.491 e. The number of hydrogen-bond donors (Lipinski definition) is 2. The zero-order valence-corrected chi connectivity index (χ0v) is 12.5. The third-order valence-corrected chi connectivity index (χ3v) is 3.45. The molecule has 0 heterocycles. The Bertz CT molecular complexity index is 539. The van der Waals surface area contributed by atoms with E-state index in [1.807, 2.05) is 31.3 Å². The fourth-order valence-corrected chi connectivity index (χ4v) is 2.20.